The zero-order valence-electron chi connectivity index (χ0n) is 10.3. The summed E-state index contributed by atoms with van der Waals surface area (Å²) in [4.78, 5) is 13.0. The van der Waals surface area contributed by atoms with Crippen LogP contribution >= 0.6 is 27.7 Å². The van der Waals surface area contributed by atoms with Crippen molar-refractivity contribution in [3.63, 3.8) is 0 Å². The quantitative estimate of drug-likeness (QED) is 0.584. The summed E-state index contributed by atoms with van der Waals surface area (Å²) in [7, 11) is 0. The van der Waals surface area contributed by atoms with Crippen LogP contribution in [0.5, 0.6) is 0 Å². The third kappa shape index (κ3) is 3.91. The fourth-order valence-corrected chi connectivity index (χ4v) is 2.64. The van der Waals surface area contributed by atoms with Gasteiger partial charge in [0.1, 0.15) is 5.82 Å². The Morgan fingerprint density at radius 2 is 1.89 bits per heavy atom. The van der Waals surface area contributed by atoms with Crippen molar-refractivity contribution in [1.29, 1.82) is 0 Å². The van der Waals surface area contributed by atoms with Crippen LogP contribution in [0.1, 0.15) is 15.9 Å². The van der Waals surface area contributed by atoms with E-state index in [1.807, 2.05) is 24.3 Å². The number of hydrogen-bond acceptors (Lipinski definition) is 2. The highest BCUT2D eigenvalue weighted by atomic mass is 79.9. The fraction of sp³-hybridized carbons (Fsp3) is 0.133. The summed E-state index contributed by atoms with van der Waals surface area (Å²) in [6.07, 6.45) is 0. The van der Waals surface area contributed by atoms with Crippen molar-refractivity contribution in [3.8, 4) is 0 Å². The average molecular weight is 339 g/mol. The second-order valence-electron chi connectivity index (χ2n) is 4.13. The molecule has 0 fully saturated rings. The maximum Gasteiger partial charge on any atom is 0.173 e. The first kappa shape index (κ1) is 14.3. The Morgan fingerprint density at radius 3 is 2.53 bits per heavy atom. The molecule has 0 aromatic heterocycles. The van der Waals surface area contributed by atoms with Crippen molar-refractivity contribution in [2.24, 2.45) is 0 Å². The van der Waals surface area contributed by atoms with Crippen molar-refractivity contribution in [3.05, 3.63) is 63.9 Å². The van der Waals surface area contributed by atoms with E-state index in [9.17, 15) is 9.18 Å². The first-order valence-electron chi connectivity index (χ1n) is 5.74. The molecule has 0 spiro atoms. The van der Waals surface area contributed by atoms with Gasteiger partial charge in [0.2, 0.25) is 0 Å². The number of halogens is 2. The molecule has 0 heterocycles. The Morgan fingerprint density at radius 1 is 1.21 bits per heavy atom. The van der Waals surface area contributed by atoms with E-state index in [4.69, 9.17) is 0 Å². The number of hydrogen-bond donors (Lipinski definition) is 0. The smallest absolute Gasteiger partial charge is 0.173 e. The highest BCUT2D eigenvalue weighted by Gasteiger charge is 2.08. The Labute approximate surface area is 124 Å². The first-order chi connectivity index (χ1) is 9.06. The molecule has 0 N–H and O–H groups in total. The summed E-state index contributed by atoms with van der Waals surface area (Å²) in [5.74, 6) is 0.0836. The predicted molar refractivity (Wildman–Crippen MR) is 80.3 cm³/mol. The molecule has 0 saturated carbocycles. The Hall–Kier alpha value is -1.13. The molecule has 0 unspecified atom stereocenters. The molecule has 2 aromatic carbocycles. The van der Waals surface area contributed by atoms with E-state index in [0.29, 0.717) is 16.9 Å². The number of rotatable bonds is 4. The third-order valence-corrected chi connectivity index (χ3v) is 4.20. The number of carbonyl (C=O) groups excluding carboxylic acids is 1. The molecule has 98 valence electrons. The summed E-state index contributed by atoms with van der Waals surface area (Å²) in [6.45, 7) is 1.66. The minimum atomic E-state index is -0.280. The standard InChI is InChI=1S/C15H12BrFOS/c1-10-8-11(2-7-14(10)17)15(18)9-19-13-5-3-12(16)4-6-13/h2-8H,9H2,1H3. The van der Waals surface area contributed by atoms with Crippen LogP contribution in [0.15, 0.2) is 51.8 Å². The van der Waals surface area contributed by atoms with Gasteiger partial charge in [0.05, 0.1) is 5.75 Å². The van der Waals surface area contributed by atoms with Crippen LogP contribution in [0.4, 0.5) is 4.39 Å². The topological polar surface area (TPSA) is 17.1 Å². The minimum Gasteiger partial charge on any atom is -0.293 e. The van der Waals surface area contributed by atoms with E-state index in [2.05, 4.69) is 15.9 Å². The number of carbonyl (C=O) groups is 1. The van der Waals surface area contributed by atoms with Crippen molar-refractivity contribution >= 4 is 33.5 Å². The van der Waals surface area contributed by atoms with Gasteiger partial charge >= 0.3 is 0 Å². The molecule has 0 saturated heterocycles. The number of thioether (sulfide) groups is 1. The van der Waals surface area contributed by atoms with Gasteiger partial charge in [0.25, 0.3) is 0 Å². The van der Waals surface area contributed by atoms with Gasteiger partial charge in [-0.25, -0.2) is 4.39 Å². The van der Waals surface area contributed by atoms with Crippen LogP contribution in [0.2, 0.25) is 0 Å². The summed E-state index contributed by atoms with van der Waals surface area (Å²) < 4.78 is 14.1. The molecule has 0 aliphatic heterocycles. The Balaban J connectivity index is 2.01. The van der Waals surface area contributed by atoms with Gasteiger partial charge in [-0.1, -0.05) is 15.9 Å². The maximum atomic E-state index is 13.1. The van der Waals surface area contributed by atoms with Crippen molar-refractivity contribution in [2.75, 3.05) is 5.75 Å². The zero-order chi connectivity index (χ0) is 13.8. The molecule has 0 radical (unpaired) electrons. The fourth-order valence-electron chi connectivity index (χ4n) is 1.58. The summed E-state index contributed by atoms with van der Waals surface area (Å²) in [6, 6.07) is 12.3. The van der Waals surface area contributed by atoms with Crippen LogP contribution in [-0.2, 0) is 0 Å². The third-order valence-electron chi connectivity index (χ3n) is 2.66. The van der Waals surface area contributed by atoms with Gasteiger partial charge in [-0.2, -0.15) is 0 Å². The largest absolute Gasteiger partial charge is 0.293 e. The molecule has 0 amide bonds. The van der Waals surface area contributed by atoms with Crippen LogP contribution in [0, 0.1) is 12.7 Å². The monoisotopic (exact) mass is 338 g/mol. The average Bonchev–Trinajstić information content (AvgIpc) is 2.41. The molecular formula is C15H12BrFOS. The molecule has 4 heteroatoms. The van der Waals surface area contributed by atoms with Crippen LogP contribution in [0.3, 0.4) is 0 Å². The van der Waals surface area contributed by atoms with Crippen molar-refractivity contribution in [1.82, 2.24) is 0 Å². The molecule has 0 bridgehead atoms. The lowest BCUT2D eigenvalue weighted by atomic mass is 10.1. The van der Waals surface area contributed by atoms with E-state index in [1.54, 1.807) is 13.0 Å². The molecule has 2 rings (SSSR count). The van der Waals surface area contributed by atoms with E-state index in [-0.39, 0.29) is 11.6 Å². The first-order valence-corrected chi connectivity index (χ1v) is 7.52. The second kappa shape index (κ2) is 6.35. The molecule has 2 aromatic rings. The van der Waals surface area contributed by atoms with E-state index < -0.39 is 0 Å². The summed E-state index contributed by atoms with van der Waals surface area (Å²) in [5.41, 5.74) is 1.06. The predicted octanol–water partition coefficient (Wildman–Crippen LogP) is 4.87. The second-order valence-corrected chi connectivity index (χ2v) is 6.09. The molecule has 19 heavy (non-hydrogen) atoms. The summed E-state index contributed by atoms with van der Waals surface area (Å²) in [5, 5.41) is 0. The van der Waals surface area contributed by atoms with E-state index in [0.717, 1.165) is 9.37 Å². The van der Waals surface area contributed by atoms with Gasteiger partial charge in [-0.05, 0) is 55.0 Å². The van der Waals surface area contributed by atoms with Crippen molar-refractivity contribution < 1.29 is 9.18 Å². The van der Waals surface area contributed by atoms with Gasteiger partial charge in [-0.3, -0.25) is 4.79 Å². The lowest BCUT2D eigenvalue weighted by molar-refractivity contribution is 0.102. The van der Waals surface area contributed by atoms with Gasteiger partial charge < -0.3 is 0 Å². The van der Waals surface area contributed by atoms with Gasteiger partial charge in [0, 0.05) is 14.9 Å². The van der Waals surface area contributed by atoms with Crippen LogP contribution in [0.25, 0.3) is 0 Å². The number of ketones is 1. The van der Waals surface area contributed by atoms with Crippen molar-refractivity contribution in [2.45, 2.75) is 11.8 Å². The highest BCUT2D eigenvalue weighted by molar-refractivity contribution is 9.10. The molecular weight excluding hydrogens is 327 g/mol. The van der Waals surface area contributed by atoms with Gasteiger partial charge in [-0.15, -0.1) is 11.8 Å². The Kier molecular flexibility index (Phi) is 4.77. The van der Waals surface area contributed by atoms with Crippen LogP contribution < -0.4 is 0 Å². The highest BCUT2D eigenvalue weighted by Crippen LogP contribution is 2.22. The number of Topliss-reactive ketones (excluding diaryl/α,β-unsaturated/α-hetero) is 1. The SMILES string of the molecule is Cc1cc(C(=O)CSc2ccc(Br)cc2)ccc1F. The Bertz CT molecular complexity index is 596. The molecule has 1 nitrogen and oxygen atoms in total. The molecule has 0 atom stereocenters. The number of aryl methyl sites for hydroxylation is 1. The number of benzene rings is 2. The molecule has 0 aliphatic carbocycles. The van der Waals surface area contributed by atoms with E-state index >= 15 is 0 Å². The molecule has 0 aliphatic rings. The van der Waals surface area contributed by atoms with Gasteiger partial charge in [0.15, 0.2) is 5.78 Å². The normalized spacial score (nSPS) is 10.5. The lowest BCUT2D eigenvalue weighted by Crippen LogP contribution is -2.03. The lowest BCUT2D eigenvalue weighted by Gasteiger charge is -2.04. The summed E-state index contributed by atoms with van der Waals surface area (Å²) >= 11 is 4.84. The van der Waals surface area contributed by atoms with Crippen LogP contribution in [-0.4, -0.2) is 11.5 Å². The maximum absolute atomic E-state index is 13.1. The minimum absolute atomic E-state index is 0.0102. The zero-order valence-corrected chi connectivity index (χ0v) is 12.7. The van der Waals surface area contributed by atoms with E-state index in [1.165, 1.54) is 23.9 Å².